The maximum atomic E-state index is 12.6. The molecular formula is C23H24N2O6. The molecule has 0 spiro atoms. The van der Waals surface area contributed by atoms with Crippen LogP contribution in [0.5, 0.6) is 0 Å². The predicted molar refractivity (Wildman–Crippen MR) is 111 cm³/mol. The second-order valence-corrected chi connectivity index (χ2v) is 7.93. The highest BCUT2D eigenvalue weighted by Crippen LogP contribution is 2.44. The molecular weight excluding hydrogens is 400 g/mol. The van der Waals surface area contributed by atoms with Crippen molar-refractivity contribution >= 4 is 18.0 Å². The SMILES string of the molecule is CC(NC(=O)OCC1c2ccccc2-c2ccccc21)C(=O)N1C[C@H](O)C[C@@H]1C(=O)O. The maximum Gasteiger partial charge on any atom is 0.407 e. The molecule has 1 unspecified atom stereocenters. The van der Waals surface area contributed by atoms with Gasteiger partial charge < -0.3 is 25.2 Å². The first kappa shape index (κ1) is 20.9. The molecule has 1 aliphatic carbocycles. The summed E-state index contributed by atoms with van der Waals surface area (Å²) in [7, 11) is 0. The number of likely N-dealkylation sites (tertiary alicyclic amines) is 1. The fourth-order valence-corrected chi connectivity index (χ4v) is 4.42. The minimum Gasteiger partial charge on any atom is -0.480 e. The second kappa shape index (κ2) is 8.39. The predicted octanol–water partition coefficient (Wildman–Crippen LogP) is 1.96. The number of alkyl carbamates (subject to hydrolysis) is 1. The standard InChI is InChI=1S/C23H24N2O6/c1-13(21(27)25-11-14(26)10-20(25)22(28)29)24-23(30)31-12-19-17-8-4-2-6-15(17)16-7-3-5-9-18(16)19/h2-9,13-14,19-20,26H,10-12H2,1H3,(H,24,30)(H,28,29)/t13?,14-,20-/m1/s1. The Morgan fingerprint density at radius 1 is 1.10 bits per heavy atom. The largest absolute Gasteiger partial charge is 0.480 e. The molecule has 2 aromatic carbocycles. The van der Waals surface area contributed by atoms with E-state index < -0.39 is 36.2 Å². The number of carbonyl (C=O) groups is 3. The first-order valence-electron chi connectivity index (χ1n) is 10.2. The van der Waals surface area contributed by atoms with E-state index in [4.69, 9.17) is 4.74 Å². The van der Waals surface area contributed by atoms with E-state index in [1.807, 2.05) is 48.5 Å². The van der Waals surface area contributed by atoms with Crippen molar-refractivity contribution in [1.82, 2.24) is 10.2 Å². The van der Waals surface area contributed by atoms with Crippen LogP contribution in [0, 0.1) is 0 Å². The molecule has 0 saturated carbocycles. The number of nitrogens with one attached hydrogen (secondary N) is 1. The van der Waals surface area contributed by atoms with Crippen LogP contribution in [0.2, 0.25) is 0 Å². The van der Waals surface area contributed by atoms with E-state index in [9.17, 15) is 24.6 Å². The zero-order valence-electron chi connectivity index (χ0n) is 17.0. The van der Waals surface area contributed by atoms with Crippen molar-refractivity contribution in [3.63, 3.8) is 0 Å². The van der Waals surface area contributed by atoms with E-state index >= 15 is 0 Å². The summed E-state index contributed by atoms with van der Waals surface area (Å²) in [5, 5.41) is 21.5. The van der Waals surface area contributed by atoms with Gasteiger partial charge in [0, 0.05) is 18.9 Å². The van der Waals surface area contributed by atoms with E-state index in [0.717, 1.165) is 27.2 Å². The van der Waals surface area contributed by atoms with Gasteiger partial charge in [-0.15, -0.1) is 0 Å². The lowest BCUT2D eigenvalue weighted by Crippen LogP contribution is -2.50. The van der Waals surface area contributed by atoms with Crippen molar-refractivity contribution in [2.24, 2.45) is 0 Å². The molecule has 1 heterocycles. The summed E-state index contributed by atoms with van der Waals surface area (Å²) in [5.74, 6) is -1.86. The van der Waals surface area contributed by atoms with Crippen molar-refractivity contribution < 1.29 is 29.3 Å². The number of hydrogen-bond acceptors (Lipinski definition) is 5. The molecule has 2 aliphatic rings. The molecule has 31 heavy (non-hydrogen) atoms. The molecule has 0 aromatic heterocycles. The molecule has 0 bridgehead atoms. The van der Waals surface area contributed by atoms with Crippen LogP contribution in [0.1, 0.15) is 30.4 Å². The number of fused-ring (bicyclic) bond motifs is 3. The minimum atomic E-state index is -1.18. The molecule has 8 heteroatoms. The van der Waals surface area contributed by atoms with Gasteiger partial charge in [-0.1, -0.05) is 48.5 Å². The van der Waals surface area contributed by atoms with Crippen LogP contribution in [0.25, 0.3) is 11.1 Å². The summed E-state index contributed by atoms with van der Waals surface area (Å²) in [5.41, 5.74) is 4.39. The molecule has 1 aliphatic heterocycles. The normalized spacial score (nSPS) is 20.6. The molecule has 4 rings (SSSR count). The number of carboxylic acids is 1. The average molecular weight is 424 g/mol. The molecule has 2 amide bonds. The van der Waals surface area contributed by atoms with Crippen LogP contribution >= 0.6 is 0 Å². The lowest BCUT2D eigenvalue weighted by Gasteiger charge is -2.25. The van der Waals surface area contributed by atoms with Gasteiger partial charge >= 0.3 is 12.1 Å². The van der Waals surface area contributed by atoms with Crippen molar-refractivity contribution in [3.05, 3.63) is 59.7 Å². The Morgan fingerprint density at radius 2 is 1.68 bits per heavy atom. The Bertz CT molecular complexity index is 977. The number of carboxylic acid groups (broad SMARTS) is 1. The zero-order valence-corrected chi connectivity index (χ0v) is 17.0. The van der Waals surface area contributed by atoms with Crippen molar-refractivity contribution in [2.75, 3.05) is 13.2 Å². The maximum absolute atomic E-state index is 12.6. The number of amides is 2. The Morgan fingerprint density at radius 3 is 2.26 bits per heavy atom. The van der Waals surface area contributed by atoms with Gasteiger partial charge in [-0.05, 0) is 29.2 Å². The number of rotatable bonds is 5. The molecule has 3 atom stereocenters. The number of aliphatic hydroxyl groups excluding tert-OH is 1. The van der Waals surface area contributed by atoms with Gasteiger partial charge in [-0.25, -0.2) is 9.59 Å². The zero-order chi connectivity index (χ0) is 22.1. The number of aliphatic hydroxyl groups is 1. The quantitative estimate of drug-likeness (QED) is 0.676. The highest BCUT2D eigenvalue weighted by Gasteiger charge is 2.40. The van der Waals surface area contributed by atoms with Crippen LogP contribution < -0.4 is 5.32 Å². The lowest BCUT2D eigenvalue weighted by molar-refractivity contribution is -0.148. The van der Waals surface area contributed by atoms with Crippen LogP contribution in [0.3, 0.4) is 0 Å². The van der Waals surface area contributed by atoms with Gasteiger partial charge in [-0.2, -0.15) is 0 Å². The Kier molecular flexibility index (Phi) is 5.65. The third-order valence-corrected chi connectivity index (χ3v) is 5.90. The van der Waals surface area contributed by atoms with Gasteiger partial charge in [0.05, 0.1) is 6.10 Å². The monoisotopic (exact) mass is 424 g/mol. The second-order valence-electron chi connectivity index (χ2n) is 7.93. The van der Waals surface area contributed by atoms with Crippen molar-refractivity contribution in [1.29, 1.82) is 0 Å². The van der Waals surface area contributed by atoms with E-state index in [1.165, 1.54) is 6.92 Å². The highest BCUT2D eigenvalue weighted by molar-refractivity contribution is 5.89. The topological polar surface area (TPSA) is 116 Å². The Balaban J connectivity index is 1.39. The number of ether oxygens (including phenoxy) is 1. The summed E-state index contributed by atoms with van der Waals surface area (Å²) >= 11 is 0. The number of β-amino-alcohol motifs (C(OH)–C–C–N with tert-alkyl or cyclic N) is 1. The molecule has 3 N–H and O–H groups in total. The van der Waals surface area contributed by atoms with E-state index in [-0.39, 0.29) is 25.5 Å². The van der Waals surface area contributed by atoms with Crippen molar-refractivity contribution in [2.45, 2.75) is 37.5 Å². The molecule has 0 radical (unpaired) electrons. The number of benzene rings is 2. The molecule has 1 saturated heterocycles. The van der Waals surface area contributed by atoms with Crippen molar-refractivity contribution in [3.8, 4) is 11.1 Å². The van der Waals surface area contributed by atoms with Crippen LogP contribution in [0.15, 0.2) is 48.5 Å². The summed E-state index contributed by atoms with van der Waals surface area (Å²) in [4.78, 5) is 37.4. The number of carbonyl (C=O) groups excluding carboxylic acids is 2. The molecule has 162 valence electrons. The third-order valence-electron chi connectivity index (χ3n) is 5.90. The highest BCUT2D eigenvalue weighted by atomic mass is 16.5. The molecule has 1 fully saturated rings. The Labute approximate surface area is 179 Å². The van der Waals surface area contributed by atoms with Gasteiger partial charge in [0.1, 0.15) is 18.7 Å². The fourth-order valence-electron chi connectivity index (χ4n) is 4.42. The van der Waals surface area contributed by atoms with Gasteiger partial charge in [0.2, 0.25) is 5.91 Å². The third kappa shape index (κ3) is 3.98. The first-order valence-corrected chi connectivity index (χ1v) is 10.2. The smallest absolute Gasteiger partial charge is 0.407 e. The molecule has 2 aromatic rings. The number of hydrogen-bond donors (Lipinski definition) is 3. The summed E-state index contributed by atoms with van der Waals surface area (Å²) in [6.07, 6.45) is -1.68. The van der Waals surface area contributed by atoms with E-state index in [0.29, 0.717) is 0 Å². The summed E-state index contributed by atoms with van der Waals surface area (Å²) in [6, 6.07) is 13.9. The molecule has 8 nitrogen and oxygen atoms in total. The number of aliphatic carboxylic acids is 1. The summed E-state index contributed by atoms with van der Waals surface area (Å²) in [6.45, 7) is 1.50. The minimum absolute atomic E-state index is 0.0290. The average Bonchev–Trinajstić information content (AvgIpc) is 3.30. The van der Waals surface area contributed by atoms with E-state index in [2.05, 4.69) is 5.32 Å². The fraction of sp³-hybridized carbons (Fsp3) is 0.348. The van der Waals surface area contributed by atoms with Crippen LogP contribution in [-0.2, 0) is 14.3 Å². The number of nitrogens with zero attached hydrogens (tertiary/aromatic N) is 1. The van der Waals surface area contributed by atoms with E-state index in [1.54, 1.807) is 0 Å². The van der Waals surface area contributed by atoms with Gasteiger partial charge in [-0.3, -0.25) is 4.79 Å². The Hall–Kier alpha value is -3.39. The lowest BCUT2D eigenvalue weighted by atomic mass is 9.98. The van der Waals surface area contributed by atoms with Crippen LogP contribution in [0.4, 0.5) is 4.79 Å². The van der Waals surface area contributed by atoms with Crippen LogP contribution in [-0.4, -0.2) is 64.4 Å². The first-order chi connectivity index (χ1) is 14.9. The van der Waals surface area contributed by atoms with Gasteiger partial charge in [0.25, 0.3) is 0 Å². The summed E-state index contributed by atoms with van der Waals surface area (Å²) < 4.78 is 5.43. The van der Waals surface area contributed by atoms with Gasteiger partial charge in [0.15, 0.2) is 0 Å².